The largest absolute Gasteiger partial charge is 0.387 e. The summed E-state index contributed by atoms with van der Waals surface area (Å²) in [7, 11) is 0. The van der Waals surface area contributed by atoms with E-state index in [2.05, 4.69) is 41.2 Å². The average Bonchev–Trinajstić information content (AvgIpc) is 2.62. The van der Waals surface area contributed by atoms with Crippen molar-refractivity contribution in [3.63, 3.8) is 0 Å². The fourth-order valence-corrected chi connectivity index (χ4v) is 2.69. The van der Waals surface area contributed by atoms with Gasteiger partial charge in [0.25, 0.3) is 0 Å². The molecule has 1 aromatic rings. The second-order valence-corrected chi connectivity index (χ2v) is 5.77. The highest BCUT2D eigenvalue weighted by Gasteiger charge is 2.22. The lowest BCUT2D eigenvalue weighted by Crippen LogP contribution is -2.37. The van der Waals surface area contributed by atoms with Crippen molar-refractivity contribution in [1.29, 1.82) is 0 Å². The van der Waals surface area contributed by atoms with E-state index < -0.39 is 6.61 Å². The molecular weight excluding hydrogens is 278 g/mol. The third-order valence-electron chi connectivity index (χ3n) is 2.11. The van der Waals surface area contributed by atoms with Crippen molar-refractivity contribution >= 4 is 33.2 Å². The highest BCUT2D eigenvalue weighted by atomic mass is 79.9. The van der Waals surface area contributed by atoms with Gasteiger partial charge in [-0.1, -0.05) is 13.8 Å². The normalized spacial score (nSPS) is 11.5. The Morgan fingerprint density at radius 3 is 2.80 bits per heavy atom. The second kappa shape index (κ2) is 5.09. The zero-order valence-electron chi connectivity index (χ0n) is 8.71. The van der Waals surface area contributed by atoms with E-state index in [1.165, 1.54) is 4.88 Å². The quantitative estimate of drug-likeness (QED) is 0.890. The van der Waals surface area contributed by atoms with E-state index in [9.17, 15) is 4.79 Å². The lowest BCUT2D eigenvalue weighted by molar-refractivity contribution is -0.124. The summed E-state index contributed by atoms with van der Waals surface area (Å²) in [5.41, 5.74) is -0.110. The molecule has 0 radical (unpaired) electrons. The fourth-order valence-electron chi connectivity index (χ4n) is 1.13. The fraction of sp³-hybridized carbons (Fsp3) is 0.500. The van der Waals surface area contributed by atoms with Gasteiger partial charge >= 0.3 is 0 Å². The van der Waals surface area contributed by atoms with Gasteiger partial charge in [0.15, 0.2) is 0 Å². The highest BCUT2D eigenvalue weighted by Crippen LogP contribution is 2.30. The molecule has 0 fully saturated rings. The molecule has 2 N–H and O–H groups in total. The van der Waals surface area contributed by atoms with Gasteiger partial charge in [-0.15, -0.1) is 11.3 Å². The number of thiophene rings is 1. The zero-order chi connectivity index (χ0) is 11.5. The Morgan fingerprint density at radius 1 is 1.67 bits per heavy atom. The van der Waals surface area contributed by atoms with Gasteiger partial charge in [0, 0.05) is 26.7 Å². The van der Waals surface area contributed by atoms with E-state index in [-0.39, 0.29) is 11.3 Å². The molecule has 0 saturated heterocycles. The van der Waals surface area contributed by atoms with Gasteiger partial charge in [-0.2, -0.15) is 0 Å². The molecule has 0 spiro atoms. The van der Waals surface area contributed by atoms with Crippen LogP contribution in [0.25, 0.3) is 0 Å². The lowest BCUT2D eigenvalue weighted by Gasteiger charge is -2.23. The van der Waals surface area contributed by atoms with Crippen LogP contribution in [0.2, 0.25) is 0 Å². The van der Waals surface area contributed by atoms with E-state index in [0.29, 0.717) is 6.54 Å². The van der Waals surface area contributed by atoms with Crippen LogP contribution in [-0.4, -0.2) is 24.2 Å². The second-order valence-electron chi connectivity index (χ2n) is 3.95. The first-order valence-electron chi connectivity index (χ1n) is 4.58. The van der Waals surface area contributed by atoms with Crippen molar-refractivity contribution < 1.29 is 9.90 Å². The number of carbonyl (C=O) groups is 1. The molecule has 84 valence electrons. The molecule has 0 saturated carbocycles. The molecule has 0 unspecified atom stereocenters. The van der Waals surface area contributed by atoms with Crippen LogP contribution in [0, 0.1) is 0 Å². The summed E-state index contributed by atoms with van der Waals surface area (Å²) in [6.45, 7) is 4.19. The maximum absolute atomic E-state index is 10.9. The van der Waals surface area contributed by atoms with Gasteiger partial charge in [0.2, 0.25) is 5.91 Å². The van der Waals surface area contributed by atoms with Gasteiger partial charge in [-0.3, -0.25) is 4.79 Å². The SMILES string of the molecule is CC(C)(CNC(=O)CO)c1cc(Br)cs1. The average molecular weight is 292 g/mol. The van der Waals surface area contributed by atoms with E-state index in [1.54, 1.807) is 11.3 Å². The number of halogens is 1. The number of hydrogen-bond donors (Lipinski definition) is 2. The molecule has 0 aromatic carbocycles. The summed E-state index contributed by atoms with van der Waals surface area (Å²) < 4.78 is 1.06. The summed E-state index contributed by atoms with van der Waals surface area (Å²) >= 11 is 5.06. The molecule has 5 heteroatoms. The van der Waals surface area contributed by atoms with Crippen LogP contribution in [0.1, 0.15) is 18.7 Å². The first-order valence-corrected chi connectivity index (χ1v) is 6.25. The summed E-state index contributed by atoms with van der Waals surface area (Å²) in [5, 5.41) is 13.3. The Bertz CT molecular complexity index is 349. The standard InChI is InChI=1S/C10H14BrNO2S/c1-10(2,6-12-9(14)4-13)8-3-7(11)5-15-8/h3,5,13H,4,6H2,1-2H3,(H,12,14). The summed E-state index contributed by atoms with van der Waals surface area (Å²) in [5.74, 6) is -0.335. The van der Waals surface area contributed by atoms with Crippen molar-refractivity contribution in [3.05, 3.63) is 20.8 Å². The lowest BCUT2D eigenvalue weighted by atomic mass is 9.91. The van der Waals surface area contributed by atoms with E-state index in [1.807, 2.05) is 5.38 Å². The maximum atomic E-state index is 10.9. The van der Waals surface area contributed by atoms with Gasteiger partial charge in [-0.05, 0) is 22.0 Å². The van der Waals surface area contributed by atoms with E-state index >= 15 is 0 Å². The number of aliphatic hydroxyl groups excluding tert-OH is 1. The molecular formula is C10H14BrNO2S. The van der Waals surface area contributed by atoms with Gasteiger partial charge in [0.1, 0.15) is 6.61 Å². The molecule has 1 heterocycles. The predicted octanol–water partition coefficient (Wildman–Crippen LogP) is 1.90. The van der Waals surface area contributed by atoms with Crippen molar-refractivity contribution in [1.82, 2.24) is 5.32 Å². The topological polar surface area (TPSA) is 49.3 Å². The first-order chi connectivity index (χ1) is 6.95. The Labute approximate surface area is 102 Å². The predicted molar refractivity (Wildman–Crippen MR) is 65.1 cm³/mol. The Balaban J connectivity index is 2.63. The molecule has 15 heavy (non-hydrogen) atoms. The van der Waals surface area contributed by atoms with Crippen molar-refractivity contribution in [2.75, 3.05) is 13.2 Å². The van der Waals surface area contributed by atoms with Crippen molar-refractivity contribution in [3.8, 4) is 0 Å². The summed E-state index contributed by atoms with van der Waals surface area (Å²) in [6.07, 6.45) is 0. The van der Waals surface area contributed by atoms with Crippen LogP contribution < -0.4 is 5.32 Å². The summed E-state index contributed by atoms with van der Waals surface area (Å²) in [6, 6.07) is 2.05. The van der Waals surface area contributed by atoms with Gasteiger partial charge in [0.05, 0.1) is 0 Å². The number of aliphatic hydroxyl groups is 1. The zero-order valence-corrected chi connectivity index (χ0v) is 11.1. The molecule has 0 atom stereocenters. The molecule has 1 aromatic heterocycles. The monoisotopic (exact) mass is 291 g/mol. The van der Waals surface area contributed by atoms with E-state index in [4.69, 9.17) is 5.11 Å². The minimum absolute atomic E-state index is 0.110. The third kappa shape index (κ3) is 3.59. The van der Waals surface area contributed by atoms with Crippen LogP contribution in [0.15, 0.2) is 15.9 Å². The molecule has 0 aliphatic carbocycles. The van der Waals surface area contributed by atoms with Gasteiger partial charge in [-0.25, -0.2) is 0 Å². The molecule has 1 amide bonds. The minimum atomic E-state index is -0.454. The number of hydrogen-bond acceptors (Lipinski definition) is 3. The minimum Gasteiger partial charge on any atom is -0.387 e. The molecule has 0 bridgehead atoms. The number of amides is 1. The molecule has 1 rings (SSSR count). The smallest absolute Gasteiger partial charge is 0.245 e. The van der Waals surface area contributed by atoms with E-state index in [0.717, 1.165) is 4.47 Å². The van der Waals surface area contributed by atoms with Crippen LogP contribution in [-0.2, 0) is 10.2 Å². The van der Waals surface area contributed by atoms with Crippen LogP contribution >= 0.6 is 27.3 Å². The van der Waals surface area contributed by atoms with Crippen LogP contribution in [0.3, 0.4) is 0 Å². The van der Waals surface area contributed by atoms with Crippen LogP contribution in [0.5, 0.6) is 0 Å². The Morgan fingerprint density at radius 2 is 2.33 bits per heavy atom. The highest BCUT2D eigenvalue weighted by molar-refractivity contribution is 9.10. The molecule has 0 aliphatic heterocycles. The van der Waals surface area contributed by atoms with Gasteiger partial charge < -0.3 is 10.4 Å². The van der Waals surface area contributed by atoms with Crippen molar-refractivity contribution in [2.24, 2.45) is 0 Å². The third-order valence-corrected chi connectivity index (χ3v) is 4.16. The maximum Gasteiger partial charge on any atom is 0.245 e. The van der Waals surface area contributed by atoms with Crippen LogP contribution in [0.4, 0.5) is 0 Å². The van der Waals surface area contributed by atoms with Crippen molar-refractivity contribution in [2.45, 2.75) is 19.3 Å². The summed E-state index contributed by atoms with van der Waals surface area (Å²) in [4.78, 5) is 12.1. The number of nitrogens with one attached hydrogen (secondary N) is 1. The molecule has 0 aliphatic rings. The number of carbonyl (C=O) groups excluding carboxylic acids is 1. The Kier molecular flexibility index (Phi) is 4.31. The molecule has 3 nitrogen and oxygen atoms in total. The first kappa shape index (κ1) is 12.7. The Hall–Kier alpha value is -0.390. The number of rotatable bonds is 4.